The standard InChI is InChI=1S/C8H14N2O3/c1-6(11)8-9-7(13-10-8)4-3-5-12-2/h6,11H,3-5H2,1-2H3. The molecule has 0 bridgehead atoms. The summed E-state index contributed by atoms with van der Waals surface area (Å²) in [6.07, 6.45) is 0.867. The molecule has 0 aliphatic carbocycles. The highest BCUT2D eigenvalue weighted by Gasteiger charge is 2.09. The van der Waals surface area contributed by atoms with Gasteiger partial charge in [0.05, 0.1) is 0 Å². The van der Waals surface area contributed by atoms with Crippen LogP contribution in [0.1, 0.15) is 31.2 Å². The molecule has 1 heterocycles. The number of nitrogens with zero attached hydrogens (tertiary/aromatic N) is 2. The summed E-state index contributed by atoms with van der Waals surface area (Å²) in [5, 5.41) is 12.7. The third-order valence-corrected chi connectivity index (χ3v) is 1.60. The maximum absolute atomic E-state index is 9.10. The first-order valence-corrected chi connectivity index (χ1v) is 4.23. The van der Waals surface area contributed by atoms with Gasteiger partial charge in [-0.05, 0) is 13.3 Å². The van der Waals surface area contributed by atoms with Crippen molar-refractivity contribution in [2.75, 3.05) is 13.7 Å². The predicted octanol–water partition coefficient (Wildman–Crippen LogP) is 0.702. The van der Waals surface area contributed by atoms with E-state index in [0.29, 0.717) is 24.7 Å². The van der Waals surface area contributed by atoms with Crippen molar-refractivity contribution >= 4 is 0 Å². The lowest BCUT2D eigenvalue weighted by molar-refractivity contribution is 0.183. The van der Waals surface area contributed by atoms with Gasteiger partial charge in [-0.15, -0.1) is 0 Å². The lowest BCUT2D eigenvalue weighted by Gasteiger charge is -1.94. The fraction of sp³-hybridized carbons (Fsp3) is 0.750. The Bertz CT molecular complexity index is 247. The van der Waals surface area contributed by atoms with Gasteiger partial charge in [0.25, 0.3) is 0 Å². The number of aromatic nitrogens is 2. The molecule has 1 unspecified atom stereocenters. The van der Waals surface area contributed by atoms with E-state index in [1.165, 1.54) is 0 Å². The lowest BCUT2D eigenvalue weighted by Crippen LogP contribution is -1.95. The van der Waals surface area contributed by atoms with Crippen LogP contribution in [0, 0.1) is 0 Å². The zero-order chi connectivity index (χ0) is 9.68. The number of rotatable bonds is 5. The largest absolute Gasteiger partial charge is 0.385 e. The van der Waals surface area contributed by atoms with Crippen LogP contribution in [0.4, 0.5) is 0 Å². The molecular weight excluding hydrogens is 172 g/mol. The van der Waals surface area contributed by atoms with E-state index in [1.54, 1.807) is 14.0 Å². The van der Waals surface area contributed by atoms with Crippen LogP contribution in [0.25, 0.3) is 0 Å². The van der Waals surface area contributed by atoms with Crippen molar-refractivity contribution in [3.8, 4) is 0 Å². The number of aliphatic hydroxyl groups is 1. The van der Waals surface area contributed by atoms with Gasteiger partial charge in [0.15, 0.2) is 5.82 Å². The van der Waals surface area contributed by atoms with Crippen molar-refractivity contribution in [2.45, 2.75) is 25.9 Å². The van der Waals surface area contributed by atoms with E-state index in [1.807, 2.05) is 0 Å². The smallest absolute Gasteiger partial charge is 0.226 e. The fourth-order valence-corrected chi connectivity index (χ4v) is 0.907. The minimum absolute atomic E-state index is 0.340. The number of aryl methyl sites for hydroxylation is 1. The van der Waals surface area contributed by atoms with Crippen molar-refractivity contribution in [1.29, 1.82) is 0 Å². The molecule has 0 saturated carbocycles. The molecule has 1 aromatic heterocycles. The molecule has 0 fully saturated rings. The van der Waals surface area contributed by atoms with Crippen LogP contribution in [0.5, 0.6) is 0 Å². The molecule has 5 heteroatoms. The van der Waals surface area contributed by atoms with Crippen LogP contribution in [-0.4, -0.2) is 29.0 Å². The molecule has 0 aliphatic rings. The zero-order valence-electron chi connectivity index (χ0n) is 7.86. The fourth-order valence-electron chi connectivity index (χ4n) is 0.907. The Hall–Kier alpha value is -0.940. The third-order valence-electron chi connectivity index (χ3n) is 1.60. The van der Waals surface area contributed by atoms with Gasteiger partial charge in [0.1, 0.15) is 6.10 Å². The highest BCUT2D eigenvalue weighted by atomic mass is 16.5. The number of ether oxygens (including phenoxy) is 1. The average molecular weight is 186 g/mol. The molecule has 1 N–H and O–H groups in total. The highest BCUT2D eigenvalue weighted by Crippen LogP contribution is 2.08. The van der Waals surface area contributed by atoms with Gasteiger partial charge < -0.3 is 14.4 Å². The van der Waals surface area contributed by atoms with Gasteiger partial charge >= 0.3 is 0 Å². The molecular formula is C8H14N2O3. The number of aliphatic hydroxyl groups excluding tert-OH is 1. The summed E-state index contributed by atoms with van der Waals surface area (Å²) in [5.41, 5.74) is 0. The summed E-state index contributed by atoms with van der Waals surface area (Å²) in [6, 6.07) is 0. The quantitative estimate of drug-likeness (QED) is 0.685. The molecule has 0 spiro atoms. The summed E-state index contributed by atoms with van der Waals surface area (Å²) in [5.74, 6) is 0.889. The molecule has 0 aliphatic heterocycles. The van der Waals surface area contributed by atoms with Crippen LogP contribution in [0.2, 0.25) is 0 Å². The monoisotopic (exact) mass is 186 g/mol. The van der Waals surface area contributed by atoms with Gasteiger partial charge in [-0.1, -0.05) is 5.16 Å². The Morgan fingerprint density at radius 1 is 1.62 bits per heavy atom. The second-order valence-corrected chi connectivity index (χ2v) is 2.82. The molecule has 0 amide bonds. The van der Waals surface area contributed by atoms with E-state index in [2.05, 4.69) is 10.1 Å². The van der Waals surface area contributed by atoms with Crippen molar-refractivity contribution in [1.82, 2.24) is 10.1 Å². The highest BCUT2D eigenvalue weighted by molar-refractivity contribution is 4.88. The van der Waals surface area contributed by atoms with Gasteiger partial charge in [-0.2, -0.15) is 4.98 Å². The average Bonchev–Trinajstić information content (AvgIpc) is 2.53. The molecule has 5 nitrogen and oxygen atoms in total. The zero-order valence-corrected chi connectivity index (χ0v) is 7.86. The minimum atomic E-state index is -0.667. The number of hydrogen-bond donors (Lipinski definition) is 1. The molecule has 0 radical (unpaired) electrons. The van der Waals surface area contributed by atoms with Crippen molar-refractivity contribution < 1.29 is 14.4 Å². The maximum Gasteiger partial charge on any atom is 0.226 e. The molecule has 1 rings (SSSR count). The van der Waals surface area contributed by atoms with E-state index in [-0.39, 0.29) is 0 Å². The van der Waals surface area contributed by atoms with Crippen molar-refractivity contribution in [3.63, 3.8) is 0 Å². The van der Waals surface area contributed by atoms with Crippen LogP contribution in [0.15, 0.2) is 4.52 Å². The topological polar surface area (TPSA) is 68.4 Å². The third kappa shape index (κ3) is 3.12. The van der Waals surface area contributed by atoms with Crippen LogP contribution < -0.4 is 0 Å². The summed E-state index contributed by atoms with van der Waals surface area (Å²) in [4.78, 5) is 4.00. The van der Waals surface area contributed by atoms with Crippen LogP contribution >= 0.6 is 0 Å². The normalized spacial score (nSPS) is 13.2. The van der Waals surface area contributed by atoms with Crippen LogP contribution in [-0.2, 0) is 11.2 Å². The predicted molar refractivity (Wildman–Crippen MR) is 45.1 cm³/mol. The number of hydrogen-bond acceptors (Lipinski definition) is 5. The van der Waals surface area contributed by atoms with Gasteiger partial charge in [0, 0.05) is 20.1 Å². The SMILES string of the molecule is COCCCc1nc(C(C)O)no1. The first kappa shape index (κ1) is 10.1. The second kappa shape index (κ2) is 4.94. The molecule has 74 valence electrons. The first-order valence-electron chi connectivity index (χ1n) is 4.23. The van der Waals surface area contributed by atoms with E-state index in [4.69, 9.17) is 14.4 Å². The van der Waals surface area contributed by atoms with E-state index >= 15 is 0 Å². The van der Waals surface area contributed by atoms with Crippen molar-refractivity contribution in [3.05, 3.63) is 11.7 Å². The summed E-state index contributed by atoms with van der Waals surface area (Å²) < 4.78 is 9.77. The molecule has 1 atom stereocenters. The Morgan fingerprint density at radius 3 is 2.92 bits per heavy atom. The summed E-state index contributed by atoms with van der Waals surface area (Å²) >= 11 is 0. The minimum Gasteiger partial charge on any atom is -0.385 e. The van der Waals surface area contributed by atoms with E-state index < -0.39 is 6.10 Å². The second-order valence-electron chi connectivity index (χ2n) is 2.82. The van der Waals surface area contributed by atoms with Gasteiger partial charge in [0.2, 0.25) is 5.89 Å². The first-order chi connectivity index (χ1) is 6.24. The van der Waals surface area contributed by atoms with Gasteiger partial charge in [-0.3, -0.25) is 0 Å². The maximum atomic E-state index is 9.10. The Morgan fingerprint density at radius 2 is 2.38 bits per heavy atom. The summed E-state index contributed by atoms with van der Waals surface area (Å²) in [7, 11) is 1.65. The van der Waals surface area contributed by atoms with Crippen molar-refractivity contribution in [2.24, 2.45) is 0 Å². The van der Waals surface area contributed by atoms with Gasteiger partial charge in [-0.25, -0.2) is 0 Å². The Kier molecular flexibility index (Phi) is 3.85. The van der Waals surface area contributed by atoms with E-state index in [9.17, 15) is 0 Å². The Balaban J connectivity index is 2.40. The Labute approximate surface area is 76.7 Å². The lowest BCUT2D eigenvalue weighted by atomic mass is 10.3. The molecule has 1 aromatic rings. The summed E-state index contributed by atoms with van der Waals surface area (Å²) in [6.45, 7) is 2.27. The molecule has 0 aromatic carbocycles. The molecule has 0 saturated heterocycles. The van der Waals surface area contributed by atoms with E-state index in [0.717, 1.165) is 6.42 Å². The molecule has 13 heavy (non-hydrogen) atoms. The van der Waals surface area contributed by atoms with Crippen LogP contribution in [0.3, 0.4) is 0 Å². The number of methoxy groups -OCH3 is 1.